The molecule has 1 aliphatic heterocycles. The van der Waals surface area contributed by atoms with Crippen LogP contribution in [0.4, 0.5) is 0 Å². The Balaban J connectivity index is 2.53. The van der Waals surface area contributed by atoms with Crippen LogP contribution in [0.15, 0.2) is 0 Å². The zero-order valence-electron chi connectivity index (χ0n) is 12.5. The van der Waals surface area contributed by atoms with E-state index in [2.05, 4.69) is 19.2 Å². The first-order valence-corrected chi connectivity index (χ1v) is 7.85. The van der Waals surface area contributed by atoms with Crippen LogP contribution in [-0.4, -0.2) is 48.2 Å². The van der Waals surface area contributed by atoms with Gasteiger partial charge in [0.2, 0.25) is 5.91 Å². The van der Waals surface area contributed by atoms with Gasteiger partial charge in [-0.3, -0.25) is 4.79 Å². The van der Waals surface area contributed by atoms with E-state index >= 15 is 0 Å². The number of hydrogen-bond acceptors (Lipinski definition) is 3. The lowest BCUT2D eigenvalue weighted by Crippen LogP contribution is -2.45. The van der Waals surface area contributed by atoms with E-state index in [0.29, 0.717) is 12.6 Å². The van der Waals surface area contributed by atoms with Crippen molar-refractivity contribution in [3.8, 4) is 0 Å². The van der Waals surface area contributed by atoms with E-state index in [1.54, 1.807) is 0 Å². The van der Waals surface area contributed by atoms with E-state index in [9.17, 15) is 9.90 Å². The molecule has 0 saturated carbocycles. The number of unbranched alkanes of at least 4 members (excludes halogenated alkanes) is 1. The monoisotopic (exact) mass is 270 g/mol. The normalized spacial score (nSPS) is 20.5. The number of nitrogens with zero attached hydrogens (tertiary/aromatic N) is 1. The van der Waals surface area contributed by atoms with Gasteiger partial charge in [-0.1, -0.05) is 26.7 Å². The van der Waals surface area contributed by atoms with E-state index in [-0.39, 0.29) is 18.4 Å². The van der Waals surface area contributed by atoms with Crippen LogP contribution < -0.4 is 5.32 Å². The molecule has 1 heterocycles. The van der Waals surface area contributed by atoms with Gasteiger partial charge in [-0.2, -0.15) is 0 Å². The number of amides is 1. The Morgan fingerprint density at radius 3 is 2.79 bits per heavy atom. The standard InChI is InChI=1S/C15H30N2O2/c1-3-5-7-13(4-2)15(19)17(10-11-18)12-14-8-6-9-16-14/h13-14,16,18H,3-12H2,1-2H3. The Morgan fingerprint density at radius 1 is 1.47 bits per heavy atom. The predicted molar refractivity (Wildman–Crippen MR) is 78.0 cm³/mol. The second kappa shape index (κ2) is 9.32. The lowest BCUT2D eigenvalue weighted by Gasteiger charge is -2.29. The molecule has 0 aromatic heterocycles. The molecule has 1 rings (SSSR count). The molecule has 4 nitrogen and oxygen atoms in total. The minimum Gasteiger partial charge on any atom is -0.395 e. The highest BCUT2D eigenvalue weighted by Crippen LogP contribution is 2.17. The SMILES string of the molecule is CCCCC(CC)C(=O)N(CCO)CC1CCCN1. The molecule has 2 atom stereocenters. The molecule has 0 aliphatic carbocycles. The van der Waals surface area contributed by atoms with Crippen LogP contribution in [0.25, 0.3) is 0 Å². The van der Waals surface area contributed by atoms with Crippen LogP contribution in [0, 0.1) is 5.92 Å². The Kier molecular flexibility index (Phi) is 8.07. The maximum atomic E-state index is 12.5. The highest BCUT2D eigenvalue weighted by molar-refractivity contribution is 5.78. The minimum absolute atomic E-state index is 0.0582. The largest absolute Gasteiger partial charge is 0.395 e. The van der Waals surface area contributed by atoms with E-state index in [1.165, 1.54) is 6.42 Å². The third kappa shape index (κ3) is 5.49. The number of aliphatic hydroxyl groups is 1. The summed E-state index contributed by atoms with van der Waals surface area (Å²) in [6, 6.07) is 0.416. The molecule has 0 bridgehead atoms. The van der Waals surface area contributed by atoms with Crippen molar-refractivity contribution in [3.63, 3.8) is 0 Å². The van der Waals surface area contributed by atoms with Crippen LogP contribution in [0.1, 0.15) is 52.4 Å². The van der Waals surface area contributed by atoms with Crippen LogP contribution in [0.2, 0.25) is 0 Å². The van der Waals surface area contributed by atoms with Gasteiger partial charge in [-0.05, 0) is 32.2 Å². The van der Waals surface area contributed by atoms with Crippen LogP contribution in [0.3, 0.4) is 0 Å². The summed E-state index contributed by atoms with van der Waals surface area (Å²) in [5, 5.41) is 12.6. The quantitative estimate of drug-likeness (QED) is 0.671. The van der Waals surface area contributed by atoms with Gasteiger partial charge in [0.25, 0.3) is 0 Å². The van der Waals surface area contributed by atoms with E-state index in [1.807, 2.05) is 4.90 Å². The van der Waals surface area contributed by atoms with Crippen molar-refractivity contribution >= 4 is 5.91 Å². The van der Waals surface area contributed by atoms with Crippen molar-refractivity contribution in [2.45, 2.75) is 58.4 Å². The fourth-order valence-corrected chi connectivity index (χ4v) is 2.80. The molecular weight excluding hydrogens is 240 g/mol. The van der Waals surface area contributed by atoms with Crippen molar-refractivity contribution in [1.82, 2.24) is 10.2 Å². The average molecular weight is 270 g/mol. The molecule has 0 spiro atoms. The van der Waals surface area contributed by atoms with Gasteiger partial charge in [0.15, 0.2) is 0 Å². The van der Waals surface area contributed by atoms with E-state index in [4.69, 9.17) is 0 Å². The molecule has 0 aromatic rings. The summed E-state index contributed by atoms with van der Waals surface area (Å²) >= 11 is 0. The van der Waals surface area contributed by atoms with Crippen LogP contribution in [0.5, 0.6) is 0 Å². The average Bonchev–Trinajstić information content (AvgIpc) is 2.92. The molecule has 2 unspecified atom stereocenters. The maximum absolute atomic E-state index is 12.5. The highest BCUT2D eigenvalue weighted by atomic mass is 16.3. The molecule has 2 N–H and O–H groups in total. The topological polar surface area (TPSA) is 52.6 Å². The summed E-state index contributed by atoms with van der Waals surface area (Å²) in [5.74, 6) is 0.367. The molecule has 1 fully saturated rings. The van der Waals surface area contributed by atoms with Crippen molar-refractivity contribution in [2.24, 2.45) is 5.92 Å². The maximum Gasteiger partial charge on any atom is 0.225 e. The third-order valence-electron chi connectivity index (χ3n) is 4.03. The Hall–Kier alpha value is -0.610. The molecule has 19 heavy (non-hydrogen) atoms. The number of carbonyl (C=O) groups excluding carboxylic acids is 1. The third-order valence-corrected chi connectivity index (χ3v) is 4.03. The van der Waals surface area contributed by atoms with Gasteiger partial charge in [0.1, 0.15) is 0 Å². The second-order valence-electron chi connectivity index (χ2n) is 5.55. The summed E-state index contributed by atoms with van der Waals surface area (Å²) in [6.07, 6.45) is 6.46. The Bertz CT molecular complexity index is 253. The lowest BCUT2D eigenvalue weighted by atomic mass is 9.97. The summed E-state index contributed by atoms with van der Waals surface area (Å²) in [4.78, 5) is 14.4. The lowest BCUT2D eigenvalue weighted by molar-refractivity contribution is -0.136. The number of hydrogen-bond donors (Lipinski definition) is 2. The molecular formula is C15H30N2O2. The van der Waals surface area contributed by atoms with Crippen LogP contribution in [-0.2, 0) is 4.79 Å². The summed E-state index contributed by atoms with van der Waals surface area (Å²) in [6.45, 7) is 6.58. The van der Waals surface area contributed by atoms with E-state index < -0.39 is 0 Å². The van der Waals surface area contributed by atoms with Crippen molar-refractivity contribution in [3.05, 3.63) is 0 Å². The summed E-state index contributed by atoms with van der Waals surface area (Å²) < 4.78 is 0. The van der Waals surface area contributed by atoms with Gasteiger partial charge in [-0.15, -0.1) is 0 Å². The summed E-state index contributed by atoms with van der Waals surface area (Å²) in [7, 11) is 0. The molecule has 112 valence electrons. The van der Waals surface area contributed by atoms with Crippen molar-refractivity contribution in [1.29, 1.82) is 0 Å². The molecule has 1 aliphatic rings. The Labute approximate surface area is 117 Å². The van der Waals surface area contributed by atoms with Gasteiger partial charge in [0.05, 0.1) is 6.61 Å². The molecule has 1 amide bonds. The number of rotatable bonds is 9. The minimum atomic E-state index is 0.0582. The zero-order valence-corrected chi connectivity index (χ0v) is 12.5. The second-order valence-corrected chi connectivity index (χ2v) is 5.55. The summed E-state index contributed by atoms with van der Waals surface area (Å²) in [5.41, 5.74) is 0. The smallest absolute Gasteiger partial charge is 0.225 e. The van der Waals surface area contributed by atoms with Crippen LogP contribution >= 0.6 is 0 Å². The zero-order chi connectivity index (χ0) is 14.1. The predicted octanol–water partition coefficient (Wildman–Crippen LogP) is 1.78. The van der Waals surface area contributed by atoms with E-state index in [0.717, 1.165) is 45.2 Å². The fourth-order valence-electron chi connectivity index (χ4n) is 2.80. The van der Waals surface area contributed by atoms with Gasteiger partial charge < -0.3 is 15.3 Å². The van der Waals surface area contributed by atoms with Gasteiger partial charge in [0, 0.05) is 25.0 Å². The fraction of sp³-hybridized carbons (Fsp3) is 0.933. The number of aliphatic hydroxyl groups excluding tert-OH is 1. The first-order chi connectivity index (χ1) is 9.22. The van der Waals surface area contributed by atoms with Crippen molar-refractivity contribution < 1.29 is 9.90 Å². The molecule has 0 aromatic carbocycles. The highest BCUT2D eigenvalue weighted by Gasteiger charge is 2.25. The first kappa shape index (κ1) is 16.4. The Morgan fingerprint density at radius 2 is 2.26 bits per heavy atom. The first-order valence-electron chi connectivity index (χ1n) is 7.85. The van der Waals surface area contributed by atoms with Gasteiger partial charge in [-0.25, -0.2) is 0 Å². The molecule has 1 saturated heterocycles. The number of carbonyl (C=O) groups is 1. The molecule has 4 heteroatoms. The van der Waals surface area contributed by atoms with Gasteiger partial charge >= 0.3 is 0 Å². The molecule has 0 radical (unpaired) electrons. The number of nitrogens with one attached hydrogen (secondary N) is 1. The van der Waals surface area contributed by atoms with Crippen molar-refractivity contribution in [2.75, 3.05) is 26.2 Å².